The Balaban J connectivity index is 0.00000364. The van der Waals surface area contributed by atoms with Crippen molar-refractivity contribution in [2.45, 2.75) is 13.8 Å². The molecule has 2 aromatic rings. The number of aromatic nitrogens is 1. The highest BCUT2D eigenvalue weighted by Gasteiger charge is 2.13. The van der Waals surface area contributed by atoms with E-state index in [0.717, 1.165) is 5.56 Å². The van der Waals surface area contributed by atoms with Gasteiger partial charge in [0.05, 0.1) is 0 Å². The number of benzene rings is 1. The van der Waals surface area contributed by atoms with Crippen molar-refractivity contribution in [1.82, 2.24) is 15.6 Å². The Morgan fingerprint density at radius 1 is 1.14 bits per heavy atom. The van der Waals surface area contributed by atoms with Crippen LogP contribution < -0.4 is 20.7 Å². The summed E-state index contributed by atoms with van der Waals surface area (Å²) in [5, 5.41) is 8.39. The fourth-order valence-electron chi connectivity index (χ4n) is 2.31. The number of amides is 2. The number of aryl methyl sites for hydroxylation is 1. The third-order valence-corrected chi connectivity index (χ3v) is 3.83. The first-order chi connectivity index (χ1) is 12.4. The van der Waals surface area contributed by atoms with Gasteiger partial charge in [0.1, 0.15) is 17.2 Å². The van der Waals surface area contributed by atoms with Crippen LogP contribution in [0.1, 0.15) is 23.0 Å². The summed E-state index contributed by atoms with van der Waals surface area (Å²) in [6, 6.07) is 8.70. The van der Waals surface area contributed by atoms with E-state index in [9.17, 15) is 9.59 Å². The minimum absolute atomic E-state index is 0. The van der Waals surface area contributed by atoms with E-state index in [0.29, 0.717) is 23.7 Å². The number of hydrogen-bond acceptors (Lipinski definition) is 5. The second kappa shape index (κ2) is 12.2. The average Bonchev–Trinajstić information content (AvgIpc) is 2.64. The Bertz CT molecular complexity index is 802. The molecule has 0 aliphatic carbocycles. The van der Waals surface area contributed by atoms with Gasteiger partial charge in [0, 0.05) is 43.5 Å². The number of nitrogens with one attached hydrogen (secondary N) is 3. The van der Waals surface area contributed by atoms with Gasteiger partial charge in [-0.25, -0.2) is 0 Å². The van der Waals surface area contributed by atoms with Gasteiger partial charge in [-0.1, -0.05) is 13.0 Å². The van der Waals surface area contributed by atoms with Crippen molar-refractivity contribution in [2.75, 3.05) is 26.0 Å². The van der Waals surface area contributed by atoms with Crippen LogP contribution >= 0.6 is 24.8 Å². The van der Waals surface area contributed by atoms with E-state index in [2.05, 4.69) is 20.9 Å². The van der Waals surface area contributed by atoms with Crippen LogP contribution in [-0.2, 0) is 4.79 Å². The molecule has 28 heavy (non-hydrogen) atoms. The second-order valence-corrected chi connectivity index (χ2v) is 5.99. The molecule has 0 aliphatic heterocycles. The van der Waals surface area contributed by atoms with Crippen molar-refractivity contribution < 1.29 is 14.3 Å². The normalized spacial score (nSPS) is 10.7. The molecule has 1 heterocycles. The van der Waals surface area contributed by atoms with Crippen molar-refractivity contribution in [3.8, 4) is 11.5 Å². The van der Waals surface area contributed by atoms with Crippen molar-refractivity contribution >= 4 is 42.3 Å². The summed E-state index contributed by atoms with van der Waals surface area (Å²) in [6.45, 7) is 4.36. The lowest BCUT2D eigenvalue weighted by atomic mass is 10.1. The van der Waals surface area contributed by atoms with Crippen LogP contribution in [0.25, 0.3) is 0 Å². The monoisotopic (exact) mass is 428 g/mol. The maximum absolute atomic E-state index is 12.2. The van der Waals surface area contributed by atoms with E-state index in [1.54, 1.807) is 25.2 Å². The molecular weight excluding hydrogens is 403 g/mol. The molecule has 3 N–H and O–H groups in total. The topological polar surface area (TPSA) is 92.3 Å². The van der Waals surface area contributed by atoms with Gasteiger partial charge in [-0.15, -0.1) is 24.8 Å². The second-order valence-electron chi connectivity index (χ2n) is 5.99. The molecule has 1 atom stereocenters. The number of carbonyl (C=O) groups is 2. The van der Waals surface area contributed by atoms with Gasteiger partial charge in [0.15, 0.2) is 0 Å². The Hall–Kier alpha value is -2.35. The van der Waals surface area contributed by atoms with E-state index >= 15 is 0 Å². The third-order valence-electron chi connectivity index (χ3n) is 3.83. The lowest BCUT2D eigenvalue weighted by Gasteiger charge is -2.14. The molecule has 2 amide bonds. The first-order valence-corrected chi connectivity index (χ1v) is 8.36. The molecule has 0 spiro atoms. The van der Waals surface area contributed by atoms with E-state index in [-0.39, 0.29) is 48.2 Å². The van der Waals surface area contributed by atoms with Crippen LogP contribution in [0, 0.1) is 12.8 Å². The molecule has 0 fully saturated rings. The summed E-state index contributed by atoms with van der Waals surface area (Å²) in [5.74, 6) is 0.583. The van der Waals surface area contributed by atoms with Crippen molar-refractivity contribution in [3.05, 3.63) is 47.8 Å². The van der Waals surface area contributed by atoms with E-state index in [4.69, 9.17) is 4.74 Å². The zero-order valence-corrected chi connectivity index (χ0v) is 17.9. The summed E-state index contributed by atoms with van der Waals surface area (Å²) in [6.07, 6.45) is 1.51. The summed E-state index contributed by atoms with van der Waals surface area (Å²) in [4.78, 5) is 27.9. The molecule has 1 unspecified atom stereocenters. The molecule has 0 radical (unpaired) electrons. The number of ether oxygens (including phenoxy) is 1. The highest BCUT2D eigenvalue weighted by molar-refractivity contribution is 5.93. The van der Waals surface area contributed by atoms with Crippen molar-refractivity contribution in [1.29, 1.82) is 0 Å². The molecule has 2 rings (SSSR count). The van der Waals surface area contributed by atoms with Gasteiger partial charge >= 0.3 is 0 Å². The molecule has 0 saturated carbocycles. The SMILES string of the molecule is CNCC(C)C(=O)Nc1ccc(C)c(Oc2ccnc(C(=O)NC)c2)c1.Cl.Cl. The van der Waals surface area contributed by atoms with Gasteiger partial charge in [-0.3, -0.25) is 14.6 Å². The van der Waals surface area contributed by atoms with Crippen LogP contribution in [0.15, 0.2) is 36.5 Å². The van der Waals surface area contributed by atoms with E-state index < -0.39 is 0 Å². The summed E-state index contributed by atoms with van der Waals surface area (Å²) < 4.78 is 5.89. The van der Waals surface area contributed by atoms with Gasteiger partial charge in [0.2, 0.25) is 5.91 Å². The van der Waals surface area contributed by atoms with Crippen LogP contribution in [0.4, 0.5) is 5.69 Å². The smallest absolute Gasteiger partial charge is 0.269 e. The molecule has 7 nitrogen and oxygen atoms in total. The maximum atomic E-state index is 12.2. The number of nitrogens with zero attached hydrogens (tertiary/aromatic N) is 1. The Kier molecular flexibility index (Phi) is 11.2. The Labute approximate surface area is 177 Å². The molecule has 154 valence electrons. The van der Waals surface area contributed by atoms with Gasteiger partial charge in [-0.2, -0.15) is 0 Å². The molecule has 1 aromatic heterocycles. The molecule has 0 aliphatic rings. The lowest BCUT2D eigenvalue weighted by molar-refractivity contribution is -0.119. The first kappa shape index (κ1) is 25.6. The quantitative estimate of drug-likeness (QED) is 0.629. The number of carbonyl (C=O) groups excluding carboxylic acids is 2. The molecule has 1 aromatic carbocycles. The number of halogens is 2. The number of hydrogen-bond donors (Lipinski definition) is 3. The fourth-order valence-corrected chi connectivity index (χ4v) is 2.31. The summed E-state index contributed by atoms with van der Waals surface area (Å²) in [7, 11) is 3.35. The van der Waals surface area contributed by atoms with Crippen LogP contribution in [0.2, 0.25) is 0 Å². The van der Waals surface area contributed by atoms with Crippen LogP contribution in [0.5, 0.6) is 11.5 Å². The molecule has 0 saturated heterocycles. The molecule has 9 heteroatoms. The number of anilines is 1. The van der Waals surface area contributed by atoms with E-state index in [1.807, 2.05) is 33.0 Å². The third kappa shape index (κ3) is 6.99. The predicted molar refractivity (Wildman–Crippen MR) is 115 cm³/mol. The fraction of sp³-hybridized carbons (Fsp3) is 0.316. The number of pyridine rings is 1. The average molecular weight is 429 g/mol. The molecular formula is C19H26Cl2N4O3. The Morgan fingerprint density at radius 2 is 1.86 bits per heavy atom. The van der Waals surface area contributed by atoms with Gasteiger partial charge in [0.25, 0.3) is 5.91 Å². The number of rotatable bonds is 7. The standard InChI is InChI=1S/C19H24N4O3.2ClH/c1-12-5-6-14(23-18(24)13(2)11-20-3)9-17(12)26-15-7-8-22-16(10-15)19(25)21-4;;/h5-10,13,20H,11H2,1-4H3,(H,21,25)(H,23,24);2*1H. The van der Waals surface area contributed by atoms with E-state index in [1.165, 1.54) is 6.20 Å². The zero-order valence-electron chi connectivity index (χ0n) is 16.2. The minimum Gasteiger partial charge on any atom is -0.457 e. The highest BCUT2D eigenvalue weighted by Crippen LogP contribution is 2.28. The largest absolute Gasteiger partial charge is 0.457 e. The lowest BCUT2D eigenvalue weighted by Crippen LogP contribution is -2.28. The molecule has 0 bridgehead atoms. The van der Waals surface area contributed by atoms with Crippen LogP contribution in [0.3, 0.4) is 0 Å². The Morgan fingerprint density at radius 3 is 2.50 bits per heavy atom. The van der Waals surface area contributed by atoms with Gasteiger partial charge < -0.3 is 20.7 Å². The van der Waals surface area contributed by atoms with Crippen molar-refractivity contribution in [2.24, 2.45) is 5.92 Å². The highest BCUT2D eigenvalue weighted by atomic mass is 35.5. The predicted octanol–water partition coefficient (Wildman–Crippen LogP) is 3.18. The minimum atomic E-state index is -0.285. The first-order valence-electron chi connectivity index (χ1n) is 8.36. The van der Waals surface area contributed by atoms with Crippen LogP contribution in [-0.4, -0.2) is 37.4 Å². The van der Waals surface area contributed by atoms with Crippen molar-refractivity contribution in [3.63, 3.8) is 0 Å². The zero-order chi connectivity index (χ0) is 19.1. The summed E-state index contributed by atoms with van der Waals surface area (Å²) in [5.41, 5.74) is 1.83. The maximum Gasteiger partial charge on any atom is 0.269 e. The summed E-state index contributed by atoms with van der Waals surface area (Å²) >= 11 is 0. The van der Waals surface area contributed by atoms with Gasteiger partial charge in [-0.05, 0) is 31.7 Å².